The minimum absolute atomic E-state index is 0.0918. The Morgan fingerprint density at radius 1 is 0.509 bits per heavy atom. The molecule has 3 rings (SSSR count). The van der Waals surface area contributed by atoms with Crippen molar-refractivity contribution >= 4 is 17.8 Å². The number of benzene rings is 3. The molecule has 3 aromatic rings. The van der Waals surface area contributed by atoms with Gasteiger partial charge in [0, 0.05) is 29.8 Å². The zero-order valence-corrected chi connectivity index (χ0v) is 31.8. The number of rotatable bonds is 25. The van der Waals surface area contributed by atoms with Gasteiger partial charge in [0.25, 0.3) is 11.8 Å². The molecule has 0 bridgehead atoms. The number of esters is 1. The fourth-order valence-corrected chi connectivity index (χ4v) is 6.27. The normalized spacial score (nSPS) is 11.0. The molecule has 0 atom stereocenters. The molecule has 0 aliphatic heterocycles. The van der Waals surface area contributed by atoms with Gasteiger partial charge in [-0.1, -0.05) is 36.9 Å². The minimum atomic E-state index is -0.432. The second kappa shape index (κ2) is 24.1. The van der Waals surface area contributed by atoms with Crippen molar-refractivity contribution in [2.24, 2.45) is 22.9 Å². The maximum Gasteiger partial charge on any atom is 0.333 e. The van der Waals surface area contributed by atoms with Crippen LogP contribution >= 0.6 is 0 Å². The number of carbonyl (C=O) groups is 3. The number of hydrogen-bond donors (Lipinski definition) is 6. The summed E-state index contributed by atoms with van der Waals surface area (Å²) in [6.45, 7) is 8.89. The molecule has 0 saturated heterocycles. The highest BCUT2D eigenvalue weighted by molar-refractivity contribution is 5.95. The van der Waals surface area contributed by atoms with Crippen molar-refractivity contribution in [1.29, 1.82) is 0 Å². The summed E-state index contributed by atoms with van der Waals surface area (Å²) in [4.78, 5) is 38.5. The van der Waals surface area contributed by atoms with Gasteiger partial charge in [-0.25, -0.2) is 4.79 Å². The molecule has 0 radical (unpaired) electrons. The van der Waals surface area contributed by atoms with Crippen molar-refractivity contribution in [3.05, 3.63) is 117 Å². The van der Waals surface area contributed by atoms with Gasteiger partial charge in [-0.15, -0.1) is 0 Å². The number of amides is 2. The number of carbonyl (C=O) groups excluding carboxylic acids is 3. The Hall–Kier alpha value is -4.35. The van der Waals surface area contributed by atoms with Crippen molar-refractivity contribution < 1.29 is 19.1 Å². The summed E-state index contributed by atoms with van der Waals surface area (Å²) < 4.78 is 5.47. The molecule has 0 saturated carbocycles. The van der Waals surface area contributed by atoms with E-state index in [0.29, 0.717) is 56.0 Å². The fourth-order valence-electron chi connectivity index (χ4n) is 6.27. The van der Waals surface area contributed by atoms with Crippen molar-refractivity contribution in [1.82, 2.24) is 10.6 Å². The second-order valence-corrected chi connectivity index (χ2v) is 13.9. The van der Waals surface area contributed by atoms with E-state index in [4.69, 9.17) is 27.7 Å². The highest BCUT2D eigenvalue weighted by Gasteiger charge is 2.12. The topological polar surface area (TPSA) is 189 Å². The molecular weight excluding hydrogens is 665 g/mol. The number of nitrogens with two attached hydrogens (primary N) is 4. The zero-order valence-electron chi connectivity index (χ0n) is 31.8. The highest BCUT2D eigenvalue weighted by atomic mass is 16.5. The van der Waals surface area contributed by atoms with E-state index in [2.05, 4.69) is 35.4 Å². The monoisotopic (exact) mass is 726 g/mol. The summed E-state index contributed by atoms with van der Waals surface area (Å²) in [7, 11) is 0. The molecule has 0 aliphatic rings. The minimum Gasteiger partial charge on any atom is -0.457 e. The van der Waals surface area contributed by atoms with Crippen molar-refractivity contribution in [2.75, 3.05) is 39.3 Å². The van der Waals surface area contributed by atoms with E-state index in [1.165, 1.54) is 0 Å². The van der Waals surface area contributed by atoms with E-state index < -0.39 is 5.97 Å². The fraction of sp³-hybridized carbons (Fsp3) is 0.465. The SMILES string of the molecule is C=C(C)C(=O)OCc1cc(CCCNC(=O)c2cc(CCCN)cc(CCCN)c2)cc(CCCNC(=O)c2cc(CCCN)cc(CCCN)c2)c1. The van der Waals surface area contributed by atoms with Gasteiger partial charge in [-0.05, 0) is 173 Å². The van der Waals surface area contributed by atoms with Crippen LogP contribution in [0, 0.1) is 0 Å². The predicted molar refractivity (Wildman–Crippen MR) is 215 cm³/mol. The van der Waals surface area contributed by atoms with Gasteiger partial charge in [0.15, 0.2) is 0 Å². The van der Waals surface area contributed by atoms with Gasteiger partial charge < -0.3 is 38.3 Å². The lowest BCUT2D eigenvalue weighted by atomic mass is 9.98. The lowest BCUT2D eigenvalue weighted by Gasteiger charge is -2.13. The predicted octanol–water partition coefficient (Wildman–Crippen LogP) is 4.60. The van der Waals surface area contributed by atoms with Gasteiger partial charge in [-0.3, -0.25) is 9.59 Å². The molecule has 0 unspecified atom stereocenters. The number of hydrogen-bond acceptors (Lipinski definition) is 8. The van der Waals surface area contributed by atoms with Crippen LogP contribution in [0.4, 0.5) is 0 Å². The summed E-state index contributed by atoms with van der Waals surface area (Å²) >= 11 is 0. The molecule has 0 aromatic heterocycles. The maximum absolute atomic E-state index is 13.2. The van der Waals surface area contributed by atoms with Crippen LogP contribution in [0.3, 0.4) is 0 Å². The van der Waals surface area contributed by atoms with Crippen LogP contribution < -0.4 is 33.6 Å². The van der Waals surface area contributed by atoms with Crippen LogP contribution in [0.1, 0.15) is 105 Å². The van der Waals surface area contributed by atoms with E-state index in [0.717, 1.165) is 116 Å². The Morgan fingerprint density at radius 2 is 0.811 bits per heavy atom. The van der Waals surface area contributed by atoms with Crippen LogP contribution in [0.5, 0.6) is 0 Å². The van der Waals surface area contributed by atoms with Crippen LogP contribution in [0.2, 0.25) is 0 Å². The van der Waals surface area contributed by atoms with Crippen LogP contribution in [-0.2, 0) is 54.7 Å². The quantitative estimate of drug-likeness (QED) is 0.0415. The van der Waals surface area contributed by atoms with Gasteiger partial charge in [-0.2, -0.15) is 0 Å². The zero-order chi connectivity index (χ0) is 38.4. The first kappa shape index (κ1) is 43.1. The van der Waals surface area contributed by atoms with Crippen LogP contribution in [-0.4, -0.2) is 57.1 Å². The molecule has 0 aliphatic carbocycles. The largest absolute Gasteiger partial charge is 0.457 e. The third kappa shape index (κ3) is 16.1. The van der Waals surface area contributed by atoms with E-state index >= 15 is 0 Å². The summed E-state index contributed by atoms with van der Waals surface area (Å²) in [5.41, 5.74) is 32.1. The molecule has 10 heteroatoms. The van der Waals surface area contributed by atoms with Crippen molar-refractivity contribution in [3.63, 3.8) is 0 Å². The van der Waals surface area contributed by atoms with Crippen LogP contribution in [0.15, 0.2) is 66.7 Å². The number of ether oxygens (including phenoxy) is 1. The highest BCUT2D eigenvalue weighted by Crippen LogP contribution is 2.18. The third-order valence-electron chi connectivity index (χ3n) is 8.99. The first-order valence-corrected chi connectivity index (χ1v) is 19.2. The third-order valence-corrected chi connectivity index (χ3v) is 8.99. The van der Waals surface area contributed by atoms with Gasteiger partial charge in [0.05, 0.1) is 0 Å². The first-order valence-electron chi connectivity index (χ1n) is 19.2. The van der Waals surface area contributed by atoms with Crippen molar-refractivity contribution in [3.8, 4) is 0 Å². The molecule has 0 fully saturated rings. The molecular formula is C43H62N6O4. The number of aryl methyl sites for hydroxylation is 6. The summed E-state index contributed by atoms with van der Waals surface area (Å²) in [5.74, 6) is -0.615. The molecule has 10 N–H and O–H groups in total. The number of nitrogens with one attached hydrogen (secondary N) is 2. The summed E-state index contributed by atoms with van der Waals surface area (Å²) in [6, 6.07) is 18.4. The molecule has 53 heavy (non-hydrogen) atoms. The lowest BCUT2D eigenvalue weighted by molar-refractivity contribution is -0.140. The van der Waals surface area contributed by atoms with E-state index in [9.17, 15) is 14.4 Å². The Balaban J connectivity index is 1.62. The molecule has 2 amide bonds. The first-order chi connectivity index (χ1) is 25.6. The van der Waals surface area contributed by atoms with Gasteiger partial charge in [0.2, 0.25) is 0 Å². The van der Waals surface area contributed by atoms with Crippen LogP contribution in [0.25, 0.3) is 0 Å². The van der Waals surface area contributed by atoms with Gasteiger partial charge in [0.1, 0.15) is 6.61 Å². The summed E-state index contributed by atoms with van der Waals surface area (Å²) in [6.07, 6.45) is 9.74. The Morgan fingerprint density at radius 3 is 1.13 bits per heavy atom. The molecule has 0 spiro atoms. The second-order valence-electron chi connectivity index (χ2n) is 13.9. The molecule has 0 heterocycles. The Kier molecular flexibility index (Phi) is 19.5. The smallest absolute Gasteiger partial charge is 0.333 e. The van der Waals surface area contributed by atoms with E-state index in [-0.39, 0.29) is 18.4 Å². The van der Waals surface area contributed by atoms with E-state index in [1.54, 1.807) is 6.92 Å². The van der Waals surface area contributed by atoms with E-state index in [1.807, 2.05) is 36.4 Å². The standard InChI is InChI=1S/C43H62N6O4/c1-31(2)43(52)53-30-38-24-32(13-7-19-48-41(50)39-26-34(9-3-15-44)22-35(27-39)10-4-16-45)21-33(25-38)14-8-20-49-42(51)40-28-36(11-5-17-46)23-37(29-40)12-6-18-47/h21-29H,1,3-20,30,44-47H2,2H3,(H,48,50)(H,49,51). The average molecular weight is 727 g/mol. The summed E-state index contributed by atoms with van der Waals surface area (Å²) in [5, 5.41) is 6.18. The average Bonchev–Trinajstić information content (AvgIpc) is 3.16. The molecule has 3 aromatic carbocycles. The Bertz CT molecular complexity index is 1480. The van der Waals surface area contributed by atoms with Gasteiger partial charge >= 0.3 is 5.97 Å². The lowest BCUT2D eigenvalue weighted by Crippen LogP contribution is -2.25. The maximum atomic E-state index is 13.2. The molecule has 10 nitrogen and oxygen atoms in total. The molecule has 288 valence electrons. The Labute approximate surface area is 316 Å². The van der Waals surface area contributed by atoms with Crippen molar-refractivity contribution in [2.45, 2.75) is 90.6 Å².